The fourth-order valence-electron chi connectivity index (χ4n) is 4.37. The zero-order chi connectivity index (χ0) is 22.6. The Morgan fingerprint density at radius 2 is 1.47 bits per heavy atom. The quantitative estimate of drug-likeness (QED) is 0.579. The molecule has 1 aliphatic heterocycles. The summed E-state index contributed by atoms with van der Waals surface area (Å²) in [4.78, 5) is 10.7. The molecule has 3 fully saturated rings. The van der Waals surface area contributed by atoms with E-state index >= 15 is 0 Å². The molecule has 6 N–H and O–H groups in total. The van der Waals surface area contributed by atoms with Gasteiger partial charge in [-0.3, -0.25) is 4.90 Å². The monoisotopic (exact) mass is 439 g/mol. The summed E-state index contributed by atoms with van der Waals surface area (Å²) >= 11 is 0. The highest BCUT2D eigenvalue weighted by Crippen LogP contribution is 2.23. The van der Waals surface area contributed by atoms with Gasteiger partial charge in [-0.1, -0.05) is 37.8 Å². The molecule has 0 bridgehead atoms. The van der Waals surface area contributed by atoms with Crippen LogP contribution in [0, 0.1) is 0 Å². The van der Waals surface area contributed by atoms with E-state index in [2.05, 4.69) is 56.8 Å². The molecule has 7 heteroatoms. The van der Waals surface area contributed by atoms with Gasteiger partial charge in [0.05, 0.1) is 0 Å². The van der Waals surface area contributed by atoms with E-state index in [0.29, 0.717) is 24.1 Å². The minimum absolute atomic E-state index is 0.450. The van der Waals surface area contributed by atoms with Crippen LogP contribution in [0.2, 0.25) is 0 Å². The lowest BCUT2D eigenvalue weighted by atomic mass is 10.0. The summed E-state index contributed by atoms with van der Waals surface area (Å²) in [5.41, 5.74) is 13.4. The first kappa shape index (κ1) is 24.6. The maximum atomic E-state index is 5.53. The summed E-state index contributed by atoms with van der Waals surface area (Å²) < 4.78 is 0. The molecule has 1 aromatic carbocycles. The SMILES string of the molecule is CN1CCNCC1c1ccc(Nc2ncccn2)cc1.NC1CCCC1.NC1CCCC1. The average Bonchev–Trinajstić information content (AvgIpc) is 3.50. The topological polar surface area (TPSA) is 105 Å². The van der Waals surface area contributed by atoms with Gasteiger partial charge in [0.25, 0.3) is 0 Å². The Morgan fingerprint density at radius 1 is 0.906 bits per heavy atom. The van der Waals surface area contributed by atoms with Gasteiger partial charge in [-0.05, 0) is 56.5 Å². The van der Waals surface area contributed by atoms with Gasteiger partial charge >= 0.3 is 0 Å². The summed E-state index contributed by atoms with van der Waals surface area (Å²) in [5, 5.41) is 6.63. The van der Waals surface area contributed by atoms with Crippen LogP contribution in [0.5, 0.6) is 0 Å². The van der Waals surface area contributed by atoms with Crippen LogP contribution in [0.25, 0.3) is 0 Å². The Hall–Kier alpha value is -2.06. The number of rotatable bonds is 3. The van der Waals surface area contributed by atoms with Crippen LogP contribution in [0.3, 0.4) is 0 Å². The van der Waals surface area contributed by atoms with Crippen molar-refractivity contribution < 1.29 is 0 Å². The lowest BCUT2D eigenvalue weighted by Gasteiger charge is -2.33. The molecule has 176 valence electrons. The van der Waals surface area contributed by atoms with Gasteiger partial charge in [0.2, 0.25) is 5.95 Å². The second-order valence-electron chi connectivity index (χ2n) is 9.11. The highest BCUT2D eigenvalue weighted by atomic mass is 15.2. The molecule has 1 saturated heterocycles. The molecule has 3 aliphatic rings. The summed E-state index contributed by atoms with van der Waals surface area (Å²) in [5.74, 6) is 0.622. The van der Waals surface area contributed by atoms with Crippen molar-refractivity contribution in [1.29, 1.82) is 0 Å². The molecule has 7 nitrogen and oxygen atoms in total. The molecular weight excluding hydrogens is 398 g/mol. The molecule has 1 unspecified atom stereocenters. The molecule has 0 amide bonds. The average molecular weight is 440 g/mol. The third kappa shape index (κ3) is 8.47. The van der Waals surface area contributed by atoms with Crippen LogP contribution in [-0.4, -0.2) is 53.6 Å². The van der Waals surface area contributed by atoms with Crippen LogP contribution in [0.1, 0.15) is 63.0 Å². The number of nitrogens with one attached hydrogen (secondary N) is 2. The summed E-state index contributed by atoms with van der Waals surface area (Å²) in [6, 6.07) is 11.8. The Labute approximate surface area is 193 Å². The van der Waals surface area contributed by atoms with Crippen LogP contribution in [-0.2, 0) is 0 Å². The van der Waals surface area contributed by atoms with Gasteiger partial charge in [-0.2, -0.15) is 0 Å². The van der Waals surface area contributed by atoms with Crippen LogP contribution >= 0.6 is 0 Å². The molecule has 2 aromatic rings. The minimum atomic E-state index is 0.450. The van der Waals surface area contributed by atoms with Crippen LogP contribution < -0.4 is 22.1 Å². The molecule has 2 heterocycles. The molecule has 1 atom stereocenters. The number of likely N-dealkylation sites (N-methyl/N-ethyl adjacent to an activating group) is 1. The van der Waals surface area contributed by atoms with E-state index in [1.165, 1.54) is 56.9 Å². The minimum Gasteiger partial charge on any atom is -0.328 e. The largest absolute Gasteiger partial charge is 0.328 e. The number of aromatic nitrogens is 2. The number of nitrogens with zero attached hydrogens (tertiary/aromatic N) is 3. The van der Waals surface area contributed by atoms with Crippen molar-refractivity contribution in [3.8, 4) is 0 Å². The van der Waals surface area contributed by atoms with E-state index in [1.807, 2.05) is 0 Å². The summed E-state index contributed by atoms with van der Waals surface area (Å²) in [6.07, 6.45) is 14.0. The van der Waals surface area contributed by atoms with Gasteiger partial charge in [0, 0.05) is 55.8 Å². The van der Waals surface area contributed by atoms with Gasteiger partial charge in [0.1, 0.15) is 0 Å². The summed E-state index contributed by atoms with van der Waals surface area (Å²) in [6.45, 7) is 3.16. The van der Waals surface area contributed by atoms with E-state index in [4.69, 9.17) is 11.5 Å². The molecule has 2 aliphatic carbocycles. The first-order valence-electron chi connectivity index (χ1n) is 12.2. The van der Waals surface area contributed by atoms with E-state index in [-0.39, 0.29) is 0 Å². The summed E-state index contributed by atoms with van der Waals surface area (Å²) in [7, 11) is 2.18. The third-order valence-electron chi connectivity index (χ3n) is 6.43. The van der Waals surface area contributed by atoms with Gasteiger partial charge in [0.15, 0.2) is 0 Å². The second-order valence-corrected chi connectivity index (χ2v) is 9.11. The van der Waals surface area contributed by atoms with Gasteiger partial charge in [-0.25, -0.2) is 9.97 Å². The standard InChI is InChI=1S/C15H19N5.2C5H11N/c1-20-10-9-16-11-14(20)12-3-5-13(6-4-12)19-15-17-7-2-8-18-15;2*6-5-3-1-2-4-5/h2-8,14,16H,9-11H2,1H3,(H,17,18,19);2*5H,1-4,6H2. The lowest BCUT2D eigenvalue weighted by Crippen LogP contribution is -2.43. The number of piperazine rings is 1. The first-order valence-corrected chi connectivity index (χ1v) is 12.2. The predicted molar refractivity (Wildman–Crippen MR) is 133 cm³/mol. The highest BCUT2D eigenvalue weighted by molar-refractivity contribution is 5.53. The van der Waals surface area contributed by atoms with Crippen LogP contribution in [0.15, 0.2) is 42.7 Å². The van der Waals surface area contributed by atoms with Crippen molar-refractivity contribution in [3.63, 3.8) is 0 Å². The smallest absolute Gasteiger partial charge is 0.227 e. The molecule has 1 aromatic heterocycles. The van der Waals surface area contributed by atoms with Crippen molar-refractivity contribution in [3.05, 3.63) is 48.3 Å². The molecule has 2 saturated carbocycles. The molecule has 5 rings (SSSR count). The second kappa shape index (κ2) is 13.5. The Bertz CT molecular complexity index is 727. The van der Waals surface area contributed by atoms with E-state index in [1.54, 1.807) is 18.5 Å². The number of benzene rings is 1. The van der Waals surface area contributed by atoms with Crippen molar-refractivity contribution in [2.24, 2.45) is 11.5 Å². The number of nitrogens with two attached hydrogens (primary N) is 2. The molecule has 0 spiro atoms. The molecule has 0 radical (unpaired) electrons. The zero-order valence-electron chi connectivity index (χ0n) is 19.5. The normalized spacial score (nSPS) is 21.9. The third-order valence-corrected chi connectivity index (χ3v) is 6.43. The van der Waals surface area contributed by atoms with Crippen molar-refractivity contribution in [2.45, 2.75) is 69.5 Å². The Morgan fingerprint density at radius 3 is 1.94 bits per heavy atom. The Balaban J connectivity index is 0.000000195. The van der Waals surface area contributed by atoms with E-state index < -0.39 is 0 Å². The molecular formula is C25H41N7. The molecule has 32 heavy (non-hydrogen) atoms. The maximum absolute atomic E-state index is 5.53. The Kier molecular flexibility index (Phi) is 10.4. The van der Waals surface area contributed by atoms with Crippen molar-refractivity contribution >= 4 is 11.6 Å². The zero-order valence-corrected chi connectivity index (χ0v) is 19.5. The highest BCUT2D eigenvalue weighted by Gasteiger charge is 2.19. The number of hydrogen-bond acceptors (Lipinski definition) is 7. The van der Waals surface area contributed by atoms with Crippen molar-refractivity contribution in [2.75, 3.05) is 32.0 Å². The number of anilines is 2. The lowest BCUT2D eigenvalue weighted by molar-refractivity contribution is 0.202. The maximum Gasteiger partial charge on any atom is 0.227 e. The van der Waals surface area contributed by atoms with Gasteiger partial charge < -0.3 is 22.1 Å². The van der Waals surface area contributed by atoms with Gasteiger partial charge in [-0.15, -0.1) is 0 Å². The van der Waals surface area contributed by atoms with Crippen LogP contribution in [0.4, 0.5) is 11.6 Å². The first-order chi connectivity index (χ1) is 15.6. The van der Waals surface area contributed by atoms with E-state index in [0.717, 1.165) is 25.3 Å². The fraction of sp³-hybridized carbons (Fsp3) is 0.600. The predicted octanol–water partition coefficient (Wildman–Crippen LogP) is 3.57. The number of hydrogen-bond donors (Lipinski definition) is 4. The van der Waals surface area contributed by atoms with Crippen molar-refractivity contribution in [1.82, 2.24) is 20.2 Å². The van der Waals surface area contributed by atoms with E-state index in [9.17, 15) is 0 Å². The fourth-order valence-corrected chi connectivity index (χ4v) is 4.37.